The van der Waals surface area contributed by atoms with Gasteiger partial charge in [-0.3, -0.25) is 0 Å². The number of rotatable bonds is 1. The number of ether oxygens (including phenoxy) is 1. The van der Waals surface area contributed by atoms with Gasteiger partial charge in [0.15, 0.2) is 0 Å². The summed E-state index contributed by atoms with van der Waals surface area (Å²) in [6.07, 6.45) is 3.74. The second-order valence-electron chi connectivity index (χ2n) is 3.73. The summed E-state index contributed by atoms with van der Waals surface area (Å²) in [6, 6.07) is 0.570. The Morgan fingerprint density at radius 1 is 1.64 bits per heavy atom. The molecule has 3 N–H and O–H groups in total. The highest BCUT2D eigenvalue weighted by Crippen LogP contribution is 2.25. The molecule has 3 heteroatoms. The smallest absolute Gasteiger partial charge is 0.0661 e. The highest BCUT2D eigenvalue weighted by Gasteiger charge is 2.38. The Bertz CT molecular complexity index is 139. The lowest BCUT2D eigenvalue weighted by Gasteiger charge is -2.45. The maximum atomic E-state index is 5.70. The quantitative estimate of drug-likeness (QED) is 0.555. The third-order valence-electron chi connectivity index (χ3n) is 2.81. The second-order valence-corrected chi connectivity index (χ2v) is 3.73. The van der Waals surface area contributed by atoms with Crippen molar-refractivity contribution < 1.29 is 4.74 Å². The molecule has 0 radical (unpaired) electrons. The van der Waals surface area contributed by atoms with Gasteiger partial charge in [0.1, 0.15) is 0 Å². The van der Waals surface area contributed by atoms with Crippen LogP contribution in [0.15, 0.2) is 0 Å². The van der Waals surface area contributed by atoms with Crippen molar-refractivity contribution in [2.24, 2.45) is 5.73 Å². The third-order valence-corrected chi connectivity index (χ3v) is 2.81. The molecule has 0 amide bonds. The van der Waals surface area contributed by atoms with E-state index in [4.69, 9.17) is 10.5 Å². The van der Waals surface area contributed by atoms with Crippen LogP contribution < -0.4 is 11.1 Å². The maximum Gasteiger partial charge on any atom is 0.0661 e. The Hall–Kier alpha value is -0.120. The van der Waals surface area contributed by atoms with Gasteiger partial charge in [0, 0.05) is 12.6 Å². The molecule has 64 valence electrons. The molecule has 2 unspecified atom stereocenters. The first kappa shape index (κ1) is 7.53. The average Bonchev–Trinajstić information content (AvgIpc) is 2.05. The Labute approximate surface area is 67.3 Å². The van der Waals surface area contributed by atoms with Gasteiger partial charge < -0.3 is 15.8 Å². The number of morpholine rings is 1. The van der Waals surface area contributed by atoms with E-state index in [1.54, 1.807) is 0 Å². The van der Waals surface area contributed by atoms with E-state index in [2.05, 4.69) is 5.32 Å². The van der Waals surface area contributed by atoms with Crippen molar-refractivity contribution in [3.05, 3.63) is 0 Å². The van der Waals surface area contributed by atoms with Gasteiger partial charge in [0.05, 0.1) is 18.8 Å². The summed E-state index contributed by atoms with van der Waals surface area (Å²) in [5, 5.41) is 3.57. The van der Waals surface area contributed by atoms with Gasteiger partial charge in [-0.15, -0.1) is 0 Å². The van der Waals surface area contributed by atoms with Gasteiger partial charge in [0.2, 0.25) is 0 Å². The summed E-state index contributed by atoms with van der Waals surface area (Å²) in [6.45, 7) is 2.39. The summed E-state index contributed by atoms with van der Waals surface area (Å²) in [5.74, 6) is 0. The first-order valence-corrected chi connectivity index (χ1v) is 4.40. The van der Waals surface area contributed by atoms with E-state index in [1.807, 2.05) is 0 Å². The normalized spacial score (nSPS) is 43.9. The van der Waals surface area contributed by atoms with Crippen molar-refractivity contribution in [3.8, 4) is 0 Å². The minimum absolute atomic E-state index is 0.126. The molecule has 11 heavy (non-hydrogen) atoms. The molecule has 0 aromatic rings. The fourth-order valence-electron chi connectivity index (χ4n) is 2.12. The van der Waals surface area contributed by atoms with Gasteiger partial charge in [-0.1, -0.05) is 0 Å². The molecule has 2 aliphatic rings. The summed E-state index contributed by atoms with van der Waals surface area (Å²) in [7, 11) is 0. The Kier molecular flexibility index (Phi) is 1.87. The van der Waals surface area contributed by atoms with E-state index in [0.717, 1.165) is 13.2 Å². The van der Waals surface area contributed by atoms with E-state index < -0.39 is 0 Å². The Morgan fingerprint density at radius 2 is 2.55 bits per heavy atom. The standard InChI is InChI=1S/C8H16N2O/c9-5-8-3-1-2-7(10-8)4-11-6-8/h7,10H,1-6,9H2. The molecule has 2 atom stereocenters. The van der Waals surface area contributed by atoms with Crippen LogP contribution in [0.1, 0.15) is 19.3 Å². The molecule has 2 rings (SSSR count). The summed E-state index contributed by atoms with van der Waals surface area (Å²) in [5.41, 5.74) is 5.83. The number of piperidine rings is 1. The molecule has 2 bridgehead atoms. The van der Waals surface area contributed by atoms with Crippen molar-refractivity contribution in [2.45, 2.75) is 30.8 Å². The molecule has 2 saturated heterocycles. The Balaban J connectivity index is 2.07. The lowest BCUT2D eigenvalue weighted by molar-refractivity contribution is -0.0225. The van der Waals surface area contributed by atoms with Crippen LogP contribution in [0, 0.1) is 0 Å². The highest BCUT2D eigenvalue weighted by molar-refractivity contribution is 4.98. The lowest BCUT2D eigenvalue weighted by atomic mass is 9.85. The first-order chi connectivity index (χ1) is 5.35. The van der Waals surface area contributed by atoms with E-state index in [1.165, 1.54) is 19.3 Å². The van der Waals surface area contributed by atoms with E-state index in [0.29, 0.717) is 12.6 Å². The largest absolute Gasteiger partial charge is 0.378 e. The van der Waals surface area contributed by atoms with Gasteiger partial charge in [-0.25, -0.2) is 0 Å². The average molecular weight is 156 g/mol. The minimum Gasteiger partial charge on any atom is -0.378 e. The predicted octanol–water partition coefficient (Wildman–Crippen LogP) is -0.144. The van der Waals surface area contributed by atoms with Crippen LogP contribution in [-0.2, 0) is 4.74 Å². The van der Waals surface area contributed by atoms with E-state index in [9.17, 15) is 0 Å². The van der Waals surface area contributed by atoms with E-state index in [-0.39, 0.29) is 5.54 Å². The van der Waals surface area contributed by atoms with Crippen LogP contribution in [0.4, 0.5) is 0 Å². The van der Waals surface area contributed by atoms with Crippen LogP contribution >= 0.6 is 0 Å². The van der Waals surface area contributed by atoms with Gasteiger partial charge in [0.25, 0.3) is 0 Å². The molecule has 0 aromatic heterocycles. The number of nitrogens with one attached hydrogen (secondary N) is 1. The summed E-state index contributed by atoms with van der Waals surface area (Å²) < 4.78 is 5.49. The van der Waals surface area contributed by atoms with E-state index >= 15 is 0 Å². The minimum atomic E-state index is 0.126. The number of hydrogen-bond acceptors (Lipinski definition) is 3. The van der Waals surface area contributed by atoms with Crippen LogP contribution in [0.5, 0.6) is 0 Å². The molecule has 0 spiro atoms. The maximum absolute atomic E-state index is 5.70. The fraction of sp³-hybridized carbons (Fsp3) is 1.00. The van der Waals surface area contributed by atoms with Crippen molar-refractivity contribution in [1.82, 2.24) is 5.32 Å². The van der Waals surface area contributed by atoms with Crippen molar-refractivity contribution in [3.63, 3.8) is 0 Å². The van der Waals surface area contributed by atoms with Gasteiger partial charge in [-0.2, -0.15) is 0 Å². The molecule has 2 fully saturated rings. The molecule has 3 nitrogen and oxygen atoms in total. The van der Waals surface area contributed by atoms with Crippen LogP contribution in [0.3, 0.4) is 0 Å². The molecule has 0 saturated carbocycles. The van der Waals surface area contributed by atoms with Crippen LogP contribution in [0.25, 0.3) is 0 Å². The summed E-state index contributed by atoms with van der Waals surface area (Å²) >= 11 is 0. The molecule has 2 aliphatic heterocycles. The van der Waals surface area contributed by atoms with Crippen molar-refractivity contribution in [2.75, 3.05) is 19.8 Å². The molecular formula is C8H16N2O. The molecular weight excluding hydrogens is 140 g/mol. The Morgan fingerprint density at radius 3 is 3.27 bits per heavy atom. The number of hydrogen-bond donors (Lipinski definition) is 2. The van der Waals surface area contributed by atoms with Crippen LogP contribution in [0.2, 0.25) is 0 Å². The number of nitrogens with two attached hydrogens (primary N) is 1. The first-order valence-electron chi connectivity index (χ1n) is 4.40. The van der Waals surface area contributed by atoms with Crippen LogP contribution in [-0.4, -0.2) is 31.3 Å². The fourth-order valence-corrected chi connectivity index (χ4v) is 2.12. The number of fused-ring (bicyclic) bond motifs is 2. The zero-order chi connectivity index (χ0) is 7.73. The predicted molar refractivity (Wildman–Crippen MR) is 43.4 cm³/mol. The SMILES string of the molecule is NCC12CCCC(COC1)N2. The lowest BCUT2D eigenvalue weighted by Crippen LogP contribution is -2.65. The zero-order valence-corrected chi connectivity index (χ0v) is 6.81. The van der Waals surface area contributed by atoms with Crippen molar-refractivity contribution >= 4 is 0 Å². The van der Waals surface area contributed by atoms with Gasteiger partial charge >= 0.3 is 0 Å². The van der Waals surface area contributed by atoms with Gasteiger partial charge in [-0.05, 0) is 19.3 Å². The molecule has 2 heterocycles. The third kappa shape index (κ3) is 1.28. The summed E-state index contributed by atoms with van der Waals surface area (Å²) in [4.78, 5) is 0. The monoisotopic (exact) mass is 156 g/mol. The highest BCUT2D eigenvalue weighted by atomic mass is 16.5. The zero-order valence-electron chi connectivity index (χ0n) is 6.81. The second kappa shape index (κ2) is 2.73. The topological polar surface area (TPSA) is 47.3 Å². The van der Waals surface area contributed by atoms with Crippen molar-refractivity contribution in [1.29, 1.82) is 0 Å². The molecule has 0 aromatic carbocycles. The molecule has 0 aliphatic carbocycles.